The third kappa shape index (κ3) is 4.03. The summed E-state index contributed by atoms with van der Waals surface area (Å²) in [4.78, 5) is 13.3. The molecule has 4 aromatic rings. The minimum atomic E-state index is -0.349. The van der Waals surface area contributed by atoms with Gasteiger partial charge < -0.3 is 9.15 Å². The first kappa shape index (κ1) is 21.1. The lowest BCUT2D eigenvalue weighted by molar-refractivity contribution is 0.298. The van der Waals surface area contributed by atoms with E-state index in [1.165, 1.54) is 0 Å². The van der Waals surface area contributed by atoms with Crippen molar-refractivity contribution in [1.82, 2.24) is 0 Å². The predicted octanol–water partition coefficient (Wildman–Crippen LogP) is 7.96. The lowest BCUT2D eigenvalue weighted by atomic mass is 10.1. The van der Waals surface area contributed by atoms with Gasteiger partial charge in [-0.3, -0.25) is 4.79 Å². The molecule has 0 saturated carbocycles. The molecule has 0 aliphatic rings. The first-order valence-electron chi connectivity index (χ1n) is 8.93. The van der Waals surface area contributed by atoms with Crippen LogP contribution in [0.4, 0.5) is 0 Å². The van der Waals surface area contributed by atoms with Gasteiger partial charge in [-0.25, -0.2) is 0 Å². The molecule has 0 unspecified atom stereocenters. The first-order valence-corrected chi connectivity index (χ1v) is 10.4. The zero-order valence-electron chi connectivity index (χ0n) is 15.6. The summed E-state index contributed by atoms with van der Waals surface area (Å²) in [6, 6.07) is 15.4. The number of rotatable bonds is 4. The van der Waals surface area contributed by atoms with Gasteiger partial charge in [-0.05, 0) is 48.9 Å². The van der Waals surface area contributed by atoms with Crippen LogP contribution >= 0.6 is 46.4 Å². The number of halogens is 4. The van der Waals surface area contributed by atoms with E-state index in [2.05, 4.69) is 0 Å². The topological polar surface area (TPSA) is 39.4 Å². The van der Waals surface area contributed by atoms with Crippen molar-refractivity contribution in [2.75, 3.05) is 0 Å². The highest BCUT2D eigenvalue weighted by Gasteiger charge is 2.21. The summed E-state index contributed by atoms with van der Waals surface area (Å²) in [5, 5.41) is 2.16. The Morgan fingerprint density at radius 3 is 2.40 bits per heavy atom. The van der Waals surface area contributed by atoms with E-state index in [0.29, 0.717) is 42.2 Å². The Hall–Kier alpha value is -2.17. The third-order valence-corrected chi connectivity index (χ3v) is 5.96. The van der Waals surface area contributed by atoms with Gasteiger partial charge in [0.1, 0.15) is 12.2 Å². The Kier molecular flexibility index (Phi) is 5.99. The Balaban J connectivity index is 1.90. The van der Waals surface area contributed by atoms with Crippen molar-refractivity contribution in [2.45, 2.75) is 13.5 Å². The van der Waals surface area contributed by atoms with E-state index in [1.807, 2.05) is 6.92 Å². The van der Waals surface area contributed by atoms with Gasteiger partial charge in [-0.2, -0.15) is 0 Å². The summed E-state index contributed by atoms with van der Waals surface area (Å²) in [5.74, 6) is 0.270. The molecule has 0 atom stereocenters. The van der Waals surface area contributed by atoms with Gasteiger partial charge in [0, 0.05) is 26.2 Å². The molecule has 0 spiro atoms. The zero-order chi connectivity index (χ0) is 21.4. The highest BCUT2D eigenvalue weighted by molar-refractivity contribution is 6.35. The van der Waals surface area contributed by atoms with Crippen LogP contribution in [0, 0.1) is 6.92 Å². The molecule has 3 aromatic carbocycles. The second kappa shape index (κ2) is 8.52. The van der Waals surface area contributed by atoms with Crippen LogP contribution in [0.1, 0.15) is 11.1 Å². The van der Waals surface area contributed by atoms with Gasteiger partial charge in [0.15, 0.2) is 5.76 Å². The molecule has 4 rings (SSSR count). The van der Waals surface area contributed by atoms with Crippen LogP contribution in [0.15, 0.2) is 63.8 Å². The van der Waals surface area contributed by atoms with Crippen molar-refractivity contribution in [3.8, 4) is 17.1 Å². The van der Waals surface area contributed by atoms with E-state index < -0.39 is 0 Å². The van der Waals surface area contributed by atoms with E-state index >= 15 is 0 Å². The van der Waals surface area contributed by atoms with Crippen LogP contribution in [-0.2, 0) is 6.61 Å². The molecule has 0 N–H and O–H groups in total. The second-order valence-corrected chi connectivity index (χ2v) is 8.35. The summed E-state index contributed by atoms with van der Waals surface area (Å²) < 4.78 is 12.0. The molecular formula is C23H14Cl4O3. The van der Waals surface area contributed by atoms with E-state index in [-0.39, 0.29) is 23.5 Å². The van der Waals surface area contributed by atoms with Crippen molar-refractivity contribution in [2.24, 2.45) is 0 Å². The third-order valence-electron chi connectivity index (χ3n) is 4.64. The molecule has 1 heterocycles. The lowest BCUT2D eigenvalue weighted by Crippen LogP contribution is -2.11. The van der Waals surface area contributed by atoms with Gasteiger partial charge in [0.2, 0.25) is 11.2 Å². The van der Waals surface area contributed by atoms with Crippen LogP contribution in [-0.4, -0.2) is 0 Å². The Bertz CT molecular complexity index is 1330. The molecule has 30 heavy (non-hydrogen) atoms. The highest BCUT2D eigenvalue weighted by Crippen LogP contribution is 2.36. The van der Waals surface area contributed by atoms with Crippen LogP contribution in [0.3, 0.4) is 0 Å². The van der Waals surface area contributed by atoms with Gasteiger partial charge in [0.05, 0.1) is 10.4 Å². The highest BCUT2D eigenvalue weighted by atomic mass is 35.5. The molecule has 0 aliphatic carbocycles. The fourth-order valence-electron chi connectivity index (χ4n) is 3.04. The van der Waals surface area contributed by atoms with Crippen LogP contribution in [0.2, 0.25) is 20.1 Å². The van der Waals surface area contributed by atoms with Gasteiger partial charge >= 0.3 is 0 Å². The number of benzene rings is 3. The second-order valence-electron chi connectivity index (χ2n) is 6.69. The zero-order valence-corrected chi connectivity index (χ0v) is 18.7. The van der Waals surface area contributed by atoms with Gasteiger partial charge in [-0.1, -0.05) is 64.6 Å². The Morgan fingerprint density at radius 2 is 1.67 bits per heavy atom. The van der Waals surface area contributed by atoms with Crippen LogP contribution < -0.4 is 10.2 Å². The van der Waals surface area contributed by atoms with Crippen LogP contribution in [0.25, 0.3) is 22.3 Å². The Labute approximate surface area is 192 Å². The fraction of sp³-hybridized carbons (Fsp3) is 0.0870. The first-order chi connectivity index (χ1) is 14.3. The number of hydrogen-bond acceptors (Lipinski definition) is 3. The number of fused-ring (bicyclic) bond motifs is 1. The molecule has 0 saturated heterocycles. The molecule has 0 amide bonds. The van der Waals surface area contributed by atoms with Crippen LogP contribution in [0.5, 0.6) is 5.75 Å². The standard InChI is InChI=1S/C23H14Cl4O3/c1-12-8-20-16(10-18(12)26)21(28)23(22(30-20)15-4-2-3-5-17(15)25)29-11-13-6-7-14(24)9-19(13)27/h2-10H,11H2,1H3. The molecule has 7 heteroatoms. The normalized spacial score (nSPS) is 11.1. The monoisotopic (exact) mass is 478 g/mol. The molecule has 0 bridgehead atoms. The molecule has 1 aromatic heterocycles. The van der Waals surface area contributed by atoms with Gasteiger partial charge in [0.25, 0.3) is 0 Å². The van der Waals surface area contributed by atoms with Crippen molar-refractivity contribution >= 4 is 57.4 Å². The quantitative estimate of drug-likeness (QED) is 0.298. The van der Waals surface area contributed by atoms with Crippen molar-refractivity contribution in [1.29, 1.82) is 0 Å². The summed E-state index contributed by atoms with van der Waals surface area (Å²) in [5.41, 5.74) is 2.06. The largest absolute Gasteiger partial charge is 0.481 e. The smallest absolute Gasteiger partial charge is 0.235 e. The molecule has 3 nitrogen and oxygen atoms in total. The minimum Gasteiger partial charge on any atom is -0.481 e. The molecule has 0 radical (unpaired) electrons. The van der Waals surface area contributed by atoms with Crippen molar-refractivity contribution < 1.29 is 9.15 Å². The number of aryl methyl sites for hydroxylation is 1. The van der Waals surface area contributed by atoms with Crippen molar-refractivity contribution in [3.63, 3.8) is 0 Å². The van der Waals surface area contributed by atoms with E-state index in [1.54, 1.807) is 54.6 Å². The maximum Gasteiger partial charge on any atom is 0.235 e. The van der Waals surface area contributed by atoms with E-state index in [0.717, 1.165) is 5.56 Å². The maximum atomic E-state index is 13.3. The average molecular weight is 480 g/mol. The molecular weight excluding hydrogens is 466 g/mol. The molecule has 152 valence electrons. The van der Waals surface area contributed by atoms with E-state index in [9.17, 15) is 4.79 Å². The van der Waals surface area contributed by atoms with Crippen molar-refractivity contribution in [3.05, 3.63) is 96.0 Å². The Morgan fingerprint density at radius 1 is 0.900 bits per heavy atom. The maximum absolute atomic E-state index is 13.3. The fourth-order valence-corrected chi connectivity index (χ4v) is 3.89. The summed E-state index contributed by atoms with van der Waals surface area (Å²) in [6.07, 6.45) is 0. The number of ether oxygens (including phenoxy) is 1. The minimum absolute atomic E-state index is 0.0292. The van der Waals surface area contributed by atoms with Gasteiger partial charge in [-0.15, -0.1) is 0 Å². The SMILES string of the molecule is Cc1cc2oc(-c3ccccc3Cl)c(OCc3ccc(Cl)cc3Cl)c(=O)c2cc1Cl. The molecule has 0 fully saturated rings. The van der Waals surface area contributed by atoms with E-state index in [4.69, 9.17) is 55.6 Å². The predicted molar refractivity (Wildman–Crippen MR) is 123 cm³/mol. The summed E-state index contributed by atoms with van der Waals surface area (Å²) in [6.45, 7) is 1.88. The lowest BCUT2D eigenvalue weighted by Gasteiger charge is -2.14. The summed E-state index contributed by atoms with van der Waals surface area (Å²) in [7, 11) is 0. The molecule has 0 aliphatic heterocycles. The number of hydrogen-bond donors (Lipinski definition) is 0. The average Bonchev–Trinajstić information content (AvgIpc) is 2.70. The summed E-state index contributed by atoms with van der Waals surface area (Å²) >= 11 is 24.8.